The van der Waals surface area contributed by atoms with Crippen LogP contribution in [0.5, 0.6) is 0 Å². The lowest BCUT2D eigenvalue weighted by molar-refractivity contribution is -0.153. The first-order valence-corrected chi connectivity index (χ1v) is 7.14. The number of hydrogen-bond acceptors (Lipinski definition) is 6. The van der Waals surface area contributed by atoms with E-state index in [0.29, 0.717) is 31.7 Å². The lowest BCUT2D eigenvalue weighted by Crippen LogP contribution is -2.33. The monoisotopic (exact) mass is 299 g/mol. The van der Waals surface area contributed by atoms with Crippen LogP contribution in [0.4, 0.5) is 5.00 Å². The normalized spacial score (nSPS) is 22.3. The first kappa shape index (κ1) is 14.1. The predicted octanol–water partition coefficient (Wildman–Crippen LogP) is 2.45. The average Bonchev–Trinajstić information content (AvgIpc) is 2.94. The minimum atomic E-state index is -0.529. The summed E-state index contributed by atoms with van der Waals surface area (Å²) in [6.45, 7) is 5.29. The van der Waals surface area contributed by atoms with Gasteiger partial charge >= 0.3 is 5.97 Å². The summed E-state index contributed by atoms with van der Waals surface area (Å²) >= 11 is 7.06. The van der Waals surface area contributed by atoms with Gasteiger partial charge in [-0.25, -0.2) is 0 Å². The number of hydrogen-bond donors (Lipinski definition) is 0. The molecule has 0 N–H and O–H groups in total. The van der Waals surface area contributed by atoms with E-state index in [-0.39, 0.29) is 11.1 Å². The lowest BCUT2D eigenvalue weighted by Gasteiger charge is -2.22. The SMILES string of the molecule is CCOC(=O)C1(C)CCN(c2snc(Cl)c2C#N)C1. The molecular weight excluding hydrogens is 286 g/mol. The zero-order chi connectivity index (χ0) is 14.0. The van der Waals surface area contributed by atoms with Crippen LogP contribution < -0.4 is 4.90 Å². The van der Waals surface area contributed by atoms with Crippen LogP contribution in [-0.2, 0) is 9.53 Å². The molecule has 0 radical (unpaired) electrons. The van der Waals surface area contributed by atoms with Crippen molar-refractivity contribution >= 4 is 34.1 Å². The summed E-state index contributed by atoms with van der Waals surface area (Å²) in [5, 5.41) is 10.1. The van der Waals surface area contributed by atoms with Gasteiger partial charge < -0.3 is 9.64 Å². The third-order valence-corrected chi connectivity index (χ3v) is 4.56. The Hall–Kier alpha value is -1.32. The molecule has 1 aliphatic heterocycles. The van der Waals surface area contributed by atoms with E-state index < -0.39 is 5.41 Å². The fourth-order valence-corrected chi connectivity index (χ4v) is 3.23. The van der Waals surface area contributed by atoms with Crippen molar-refractivity contribution < 1.29 is 9.53 Å². The van der Waals surface area contributed by atoms with Crippen LogP contribution in [-0.4, -0.2) is 30.0 Å². The minimum Gasteiger partial charge on any atom is -0.466 e. The Kier molecular flexibility index (Phi) is 3.97. The highest BCUT2D eigenvalue weighted by Gasteiger charge is 2.42. The summed E-state index contributed by atoms with van der Waals surface area (Å²) in [5.41, 5.74) is -0.140. The Morgan fingerprint density at radius 2 is 2.47 bits per heavy atom. The van der Waals surface area contributed by atoms with Gasteiger partial charge in [0.25, 0.3) is 0 Å². The fourth-order valence-electron chi connectivity index (χ4n) is 2.18. The second-order valence-electron chi connectivity index (χ2n) is 4.72. The molecule has 1 fully saturated rings. The third kappa shape index (κ3) is 2.53. The van der Waals surface area contributed by atoms with Gasteiger partial charge in [-0.15, -0.1) is 0 Å². The molecule has 1 saturated heterocycles. The number of aromatic nitrogens is 1. The molecule has 1 aromatic heterocycles. The van der Waals surface area contributed by atoms with E-state index in [9.17, 15) is 4.79 Å². The molecule has 0 saturated carbocycles. The predicted molar refractivity (Wildman–Crippen MR) is 73.4 cm³/mol. The molecule has 1 aromatic rings. The van der Waals surface area contributed by atoms with E-state index in [1.165, 1.54) is 11.5 Å². The molecule has 5 nitrogen and oxygen atoms in total. The Bertz CT molecular complexity index is 540. The molecule has 102 valence electrons. The van der Waals surface area contributed by atoms with Crippen LogP contribution in [0.3, 0.4) is 0 Å². The standard InChI is InChI=1S/C12H14ClN3O2S/c1-3-18-11(17)12(2)4-5-16(7-12)10-8(6-14)9(13)15-19-10/h3-5,7H2,1-2H3. The van der Waals surface area contributed by atoms with Crippen LogP contribution >= 0.6 is 23.1 Å². The highest BCUT2D eigenvalue weighted by molar-refractivity contribution is 7.10. The van der Waals surface area contributed by atoms with E-state index in [4.69, 9.17) is 21.6 Å². The Balaban J connectivity index is 2.18. The number of esters is 1. The van der Waals surface area contributed by atoms with Crippen molar-refractivity contribution in [1.82, 2.24) is 4.37 Å². The lowest BCUT2D eigenvalue weighted by atomic mass is 9.90. The molecule has 1 unspecified atom stereocenters. The number of nitriles is 1. The summed E-state index contributed by atoms with van der Waals surface area (Å²) in [4.78, 5) is 13.9. The highest BCUT2D eigenvalue weighted by atomic mass is 35.5. The highest BCUT2D eigenvalue weighted by Crippen LogP contribution is 2.39. The van der Waals surface area contributed by atoms with Crippen molar-refractivity contribution in [2.24, 2.45) is 5.41 Å². The molecule has 1 atom stereocenters. The van der Waals surface area contributed by atoms with Crippen molar-refractivity contribution in [2.45, 2.75) is 20.3 Å². The minimum absolute atomic E-state index is 0.188. The summed E-state index contributed by atoms with van der Waals surface area (Å²) in [6.07, 6.45) is 0.701. The largest absolute Gasteiger partial charge is 0.466 e. The average molecular weight is 300 g/mol. The molecule has 0 spiro atoms. The van der Waals surface area contributed by atoms with Gasteiger partial charge in [-0.1, -0.05) is 11.6 Å². The van der Waals surface area contributed by atoms with Crippen molar-refractivity contribution in [3.63, 3.8) is 0 Å². The quantitative estimate of drug-likeness (QED) is 0.802. The second-order valence-corrected chi connectivity index (χ2v) is 5.83. The summed E-state index contributed by atoms with van der Waals surface area (Å²) in [5.74, 6) is -0.188. The zero-order valence-corrected chi connectivity index (χ0v) is 12.3. The van der Waals surface area contributed by atoms with Crippen LogP contribution in [0.1, 0.15) is 25.8 Å². The second kappa shape index (κ2) is 5.35. The number of nitrogens with zero attached hydrogens (tertiary/aromatic N) is 3. The first-order valence-electron chi connectivity index (χ1n) is 5.99. The molecule has 0 aliphatic carbocycles. The number of carbonyl (C=O) groups excluding carboxylic acids is 1. The molecule has 19 heavy (non-hydrogen) atoms. The molecule has 0 amide bonds. The molecule has 0 aromatic carbocycles. The number of anilines is 1. The fraction of sp³-hybridized carbons (Fsp3) is 0.583. The van der Waals surface area contributed by atoms with Gasteiger partial charge in [0.2, 0.25) is 0 Å². The number of halogens is 1. The van der Waals surface area contributed by atoms with E-state index in [1.54, 1.807) is 6.92 Å². The van der Waals surface area contributed by atoms with Gasteiger partial charge in [0.1, 0.15) is 16.6 Å². The van der Waals surface area contributed by atoms with Crippen LogP contribution in [0, 0.1) is 16.7 Å². The van der Waals surface area contributed by atoms with Gasteiger partial charge in [-0.2, -0.15) is 9.64 Å². The molecular formula is C12H14ClN3O2S. The van der Waals surface area contributed by atoms with E-state index in [1.807, 2.05) is 11.8 Å². The van der Waals surface area contributed by atoms with Gasteiger partial charge in [0.05, 0.1) is 12.0 Å². The van der Waals surface area contributed by atoms with Crippen molar-refractivity contribution in [3.8, 4) is 6.07 Å². The molecule has 0 bridgehead atoms. The molecule has 2 heterocycles. The summed E-state index contributed by atoms with van der Waals surface area (Å²) < 4.78 is 9.09. The van der Waals surface area contributed by atoms with Gasteiger partial charge in [0, 0.05) is 13.1 Å². The van der Waals surface area contributed by atoms with Crippen LogP contribution in [0.25, 0.3) is 0 Å². The van der Waals surface area contributed by atoms with Crippen molar-refractivity contribution in [2.75, 3.05) is 24.6 Å². The van der Waals surface area contributed by atoms with E-state index in [0.717, 1.165) is 5.00 Å². The maximum absolute atomic E-state index is 12.0. The topological polar surface area (TPSA) is 66.2 Å². The van der Waals surface area contributed by atoms with E-state index in [2.05, 4.69) is 10.4 Å². The Morgan fingerprint density at radius 1 is 1.74 bits per heavy atom. The number of rotatable bonds is 3. The summed E-state index contributed by atoms with van der Waals surface area (Å²) in [7, 11) is 0. The maximum atomic E-state index is 12.0. The Morgan fingerprint density at radius 3 is 3.11 bits per heavy atom. The number of ether oxygens (including phenoxy) is 1. The van der Waals surface area contributed by atoms with Crippen LogP contribution in [0.15, 0.2) is 0 Å². The van der Waals surface area contributed by atoms with Crippen LogP contribution in [0.2, 0.25) is 5.15 Å². The van der Waals surface area contributed by atoms with Gasteiger partial charge in [-0.3, -0.25) is 4.79 Å². The maximum Gasteiger partial charge on any atom is 0.313 e. The molecule has 1 aliphatic rings. The van der Waals surface area contributed by atoms with Crippen molar-refractivity contribution in [1.29, 1.82) is 5.26 Å². The zero-order valence-electron chi connectivity index (χ0n) is 10.8. The third-order valence-electron chi connectivity index (χ3n) is 3.27. The number of carbonyl (C=O) groups is 1. The summed E-state index contributed by atoms with van der Waals surface area (Å²) in [6, 6.07) is 2.06. The van der Waals surface area contributed by atoms with Crippen molar-refractivity contribution in [3.05, 3.63) is 10.7 Å². The van der Waals surface area contributed by atoms with Gasteiger partial charge in [0.15, 0.2) is 5.15 Å². The van der Waals surface area contributed by atoms with Gasteiger partial charge in [-0.05, 0) is 31.8 Å². The molecule has 7 heteroatoms. The first-order chi connectivity index (χ1) is 9.01. The van der Waals surface area contributed by atoms with E-state index >= 15 is 0 Å². The molecule has 2 rings (SSSR count). The smallest absolute Gasteiger partial charge is 0.313 e. The Labute approximate surface area is 120 Å².